The summed E-state index contributed by atoms with van der Waals surface area (Å²) in [7, 11) is -1.87. The maximum atomic E-state index is 12.3. The number of hydrogen-bond acceptors (Lipinski definition) is 6. The average Bonchev–Trinajstić information content (AvgIpc) is 3.22. The van der Waals surface area contributed by atoms with Gasteiger partial charge in [0, 0.05) is 63.9 Å². The Labute approximate surface area is 175 Å². The molecule has 0 unspecified atom stereocenters. The molecule has 9 nitrogen and oxygen atoms in total. The summed E-state index contributed by atoms with van der Waals surface area (Å²) in [6, 6.07) is 8.06. The molecular formula is C18H25ClN6O3S. The Morgan fingerprint density at radius 2 is 2.03 bits per heavy atom. The summed E-state index contributed by atoms with van der Waals surface area (Å²) in [4.78, 5) is 8.92. The number of benzene rings is 1. The molecule has 1 aliphatic rings. The molecule has 1 aromatic carbocycles. The van der Waals surface area contributed by atoms with Crippen LogP contribution in [0.1, 0.15) is 5.69 Å². The first-order chi connectivity index (χ1) is 14.0. The highest BCUT2D eigenvalue weighted by Crippen LogP contribution is 2.14. The summed E-state index contributed by atoms with van der Waals surface area (Å²) in [6.07, 6.45) is 1.58. The fourth-order valence-corrected chi connectivity index (χ4v) is 4.41. The van der Waals surface area contributed by atoms with Gasteiger partial charge in [-0.2, -0.15) is 0 Å². The molecule has 1 aliphatic heterocycles. The SMILES string of the molecule is CN=C(NCCNS(=O)(=O)c1cccc(Cl)c1)N1CCN(Cc2ccon2)CC1. The molecule has 1 fully saturated rings. The van der Waals surface area contributed by atoms with Crippen LogP contribution in [0, 0.1) is 0 Å². The number of nitrogens with one attached hydrogen (secondary N) is 2. The van der Waals surface area contributed by atoms with Crippen molar-refractivity contribution in [3.8, 4) is 0 Å². The monoisotopic (exact) mass is 440 g/mol. The average molecular weight is 441 g/mol. The number of aliphatic imine (C=N–C) groups is 1. The predicted octanol–water partition coefficient (Wildman–Crippen LogP) is 1.000. The summed E-state index contributed by atoms with van der Waals surface area (Å²) >= 11 is 5.87. The molecule has 0 aliphatic carbocycles. The second-order valence-corrected chi connectivity index (χ2v) is 8.79. The molecule has 1 aromatic heterocycles. The Hall–Kier alpha value is -2.14. The molecule has 2 heterocycles. The molecule has 11 heteroatoms. The van der Waals surface area contributed by atoms with Crippen LogP contribution in [0.2, 0.25) is 5.02 Å². The fourth-order valence-electron chi connectivity index (χ4n) is 3.08. The van der Waals surface area contributed by atoms with Crippen LogP contribution in [0.3, 0.4) is 0 Å². The molecule has 3 rings (SSSR count). The Morgan fingerprint density at radius 1 is 1.24 bits per heavy atom. The Morgan fingerprint density at radius 3 is 2.69 bits per heavy atom. The first-order valence-electron chi connectivity index (χ1n) is 9.30. The standard InChI is InChI=1S/C18H25ClN6O3S/c1-20-18(25-10-8-24(9-11-25)14-16-5-12-28-23-16)21-6-7-22-29(26,27)17-4-2-3-15(19)13-17/h2-5,12-13,22H,6-11,14H2,1H3,(H,20,21). The van der Waals surface area contributed by atoms with Crippen molar-refractivity contribution in [1.29, 1.82) is 0 Å². The van der Waals surface area contributed by atoms with Crippen molar-refractivity contribution in [2.24, 2.45) is 4.99 Å². The van der Waals surface area contributed by atoms with Crippen molar-refractivity contribution >= 4 is 27.6 Å². The van der Waals surface area contributed by atoms with Crippen LogP contribution in [0.15, 0.2) is 51.0 Å². The second-order valence-electron chi connectivity index (χ2n) is 6.58. The molecule has 0 spiro atoms. The minimum absolute atomic E-state index is 0.151. The highest BCUT2D eigenvalue weighted by molar-refractivity contribution is 7.89. The third-order valence-corrected chi connectivity index (χ3v) is 6.26. The van der Waals surface area contributed by atoms with Gasteiger partial charge in [0.25, 0.3) is 0 Å². The lowest BCUT2D eigenvalue weighted by atomic mass is 10.3. The molecular weight excluding hydrogens is 416 g/mol. The van der Waals surface area contributed by atoms with Crippen LogP contribution in [0.5, 0.6) is 0 Å². The van der Waals surface area contributed by atoms with Gasteiger partial charge in [-0.3, -0.25) is 9.89 Å². The maximum Gasteiger partial charge on any atom is 0.240 e. The van der Waals surface area contributed by atoms with Gasteiger partial charge >= 0.3 is 0 Å². The molecule has 0 bridgehead atoms. The van der Waals surface area contributed by atoms with Crippen molar-refractivity contribution in [3.63, 3.8) is 0 Å². The van der Waals surface area contributed by atoms with Gasteiger partial charge in [-0.1, -0.05) is 22.8 Å². The lowest BCUT2D eigenvalue weighted by Crippen LogP contribution is -2.53. The van der Waals surface area contributed by atoms with Gasteiger partial charge in [-0.15, -0.1) is 0 Å². The summed E-state index contributed by atoms with van der Waals surface area (Å²) in [5.74, 6) is 0.757. The van der Waals surface area contributed by atoms with Crippen molar-refractivity contribution < 1.29 is 12.9 Å². The molecule has 0 atom stereocenters. The van der Waals surface area contributed by atoms with E-state index in [0.29, 0.717) is 11.6 Å². The quantitative estimate of drug-likeness (QED) is 0.376. The summed E-state index contributed by atoms with van der Waals surface area (Å²) in [5.41, 5.74) is 0.924. The Bertz CT molecular complexity index is 911. The van der Waals surface area contributed by atoms with Crippen LogP contribution in [-0.2, 0) is 16.6 Å². The van der Waals surface area contributed by atoms with Gasteiger partial charge in [0.15, 0.2) is 5.96 Å². The second kappa shape index (κ2) is 10.1. The summed E-state index contributed by atoms with van der Waals surface area (Å²) in [6.45, 7) is 4.84. The normalized spacial score (nSPS) is 16.2. The van der Waals surface area contributed by atoms with E-state index in [2.05, 4.69) is 30.0 Å². The number of piperazine rings is 1. The third kappa shape index (κ3) is 6.17. The van der Waals surface area contributed by atoms with Gasteiger partial charge in [0.05, 0.1) is 10.6 Å². The molecule has 1 saturated heterocycles. The largest absolute Gasteiger partial charge is 0.364 e. The van der Waals surface area contributed by atoms with Gasteiger partial charge in [-0.05, 0) is 18.2 Å². The highest BCUT2D eigenvalue weighted by atomic mass is 35.5. The summed E-state index contributed by atoms with van der Waals surface area (Å²) in [5, 5.41) is 7.54. The molecule has 0 saturated carbocycles. The highest BCUT2D eigenvalue weighted by Gasteiger charge is 2.20. The minimum Gasteiger partial charge on any atom is -0.364 e. The number of aromatic nitrogens is 1. The first-order valence-corrected chi connectivity index (χ1v) is 11.2. The Kier molecular flexibility index (Phi) is 7.48. The van der Waals surface area contributed by atoms with E-state index < -0.39 is 10.0 Å². The van der Waals surface area contributed by atoms with Gasteiger partial charge in [0.2, 0.25) is 10.0 Å². The van der Waals surface area contributed by atoms with Gasteiger partial charge < -0.3 is 14.7 Å². The molecule has 0 radical (unpaired) electrons. The lowest BCUT2D eigenvalue weighted by molar-refractivity contribution is 0.169. The number of rotatable bonds is 7. The first kappa shape index (κ1) is 21.6. The van der Waals surface area contributed by atoms with E-state index in [0.717, 1.165) is 44.4 Å². The molecule has 29 heavy (non-hydrogen) atoms. The smallest absolute Gasteiger partial charge is 0.240 e. The molecule has 158 valence electrons. The van der Waals surface area contributed by atoms with Gasteiger partial charge in [-0.25, -0.2) is 13.1 Å². The maximum absolute atomic E-state index is 12.3. The lowest BCUT2D eigenvalue weighted by Gasteiger charge is -2.36. The van der Waals surface area contributed by atoms with Crippen molar-refractivity contribution in [2.75, 3.05) is 46.3 Å². The van der Waals surface area contributed by atoms with Crippen molar-refractivity contribution in [3.05, 3.63) is 47.3 Å². The fraction of sp³-hybridized carbons (Fsp3) is 0.444. The van der Waals surface area contributed by atoms with Crippen LogP contribution >= 0.6 is 11.6 Å². The molecule has 2 aromatic rings. The van der Waals surface area contributed by atoms with Gasteiger partial charge in [0.1, 0.15) is 6.26 Å². The number of halogens is 1. The van der Waals surface area contributed by atoms with E-state index in [-0.39, 0.29) is 11.4 Å². The van der Waals surface area contributed by atoms with Crippen molar-refractivity contribution in [2.45, 2.75) is 11.4 Å². The van der Waals surface area contributed by atoms with Crippen LogP contribution in [-0.4, -0.2) is 75.7 Å². The van der Waals surface area contributed by atoms with E-state index in [4.69, 9.17) is 16.1 Å². The van der Waals surface area contributed by atoms with Crippen LogP contribution in [0.4, 0.5) is 0 Å². The zero-order chi connectivity index (χ0) is 20.7. The van der Waals surface area contributed by atoms with Crippen LogP contribution in [0.25, 0.3) is 0 Å². The minimum atomic E-state index is -3.59. The van der Waals surface area contributed by atoms with E-state index in [9.17, 15) is 8.42 Å². The topological polar surface area (TPSA) is 103 Å². The molecule has 2 N–H and O–H groups in total. The van der Waals surface area contributed by atoms with E-state index in [1.165, 1.54) is 12.1 Å². The number of sulfonamides is 1. The predicted molar refractivity (Wildman–Crippen MR) is 111 cm³/mol. The molecule has 0 amide bonds. The summed E-state index contributed by atoms with van der Waals surface area (Å²) < 4.78 is 32.1. The van der Waals surface area contributed by atoms with E-state index >= 15 is 0 Å². The number of hydrogen-bond donors (Lipinski definition) is 2. The third-order valence-electron chi connectivity index (χ3n) is 4.57. The zero-order valence-electron chi connectivity index (χ0n) is 16.2. The number of guanidine groups is 1. The van der Waals surface area contributed by atoms with Crippen LogP contribution < -0.4 is 10.0 Å². The zero-order valence-corrected chi connectivity index (χ0v) is 17.8. The number of nitrogens with zero attached hydrogens (tertiary/aromatic N) is 4. The van der Waals surface area contributed by atoms with E-state index in [1.54, 1.807) is 25.4 Å². The Balaban J connectivity index is 1.42. The van der Waals surface area contributed by atoms with E-state index in [1.807, 2.05) is 6.07 Å². The van der Waals surface area contributed by atoms with Crippen molar-refractivity contribution in [1.82, 2.24) is 25.0 Å².